The van der Waals surface area contributed by atoms with Gasteiger partial charge in [-0.3, -0.25) is 9.36 Å². The molecule has 0 saturated heterocycles. The molecule has 4 rings (SSSR count). The van der Waals surface area contributed by atoms with Gasteiger partial charge in [-0.15, -0.1) is 0 Å². The number of rotatable bonds is 6. The average molecular weight is 484 g/mol. The van der Waals surface area contributed by atoms with Gasteiger partial charge in [-0.05, 0) is 74.4 Å². The van der Waals surface area contributed by atoms with Gasteiger partial charge >= 0.3 is 0 Å². The number of hydrogen-bond donors (Lipinski definition) is 1. The molecule has 6 nitrogen and oxygen atoms in total. The molecule has 34 heavy (non-hydrogen) atoms. The highest BCUT2D eigenvalue weighted by Gasteiger charge is 2.35. The number of aromatic nitrogens is 2. The van der Waals surface area contributed by atoms with Gasteiger partial charge < -0.3 is 0 Å². The molecule has 1 aliphatic rings. The van der Waals surface area contributed by atoms with Crippen molar-refractivity contribution >= 4 is 10.0 Å². The molecule has 2 unspecified atom stereocenters. The number of aryl methyl sites for hydroxylation is 2. The van der Waals surface area contributed by atoms with E-state index in [0.29, 0.717) is 24.8 Å². The van der Waals surface area contributed by atoms with Crippen molar-refractivity contribution in [3.05, 3.63) is 87.3 Å². The first-order valence-corrected chi connectivity index (χ1v) is 13.3. The van der Waals surface area contributed by atoms with Gasteiger partial charge in [-0.2, -0.15) is 0 Å². The van der Waals surface area contributed by atoms with Crippen molar-refractivity contribution in [2.24, 2.45) is 0 Å². The van der Waals surface area contributed by atoms with Crippen LogP contribution in [-0.4, -0.2) is 30.3 Å². The fraction of sp³-hybridized carbons (Fsp3) is 0.385. The summed E-state index contributed by atoms with van der Waals surface area (Å²) in [4.78, 5) is 18.0. The number of fused-ring (bicyclic) bond motifs is 1. The van der Waals surface area contributed by atoms with Crippen molar-refractivity contribution in [3.63, 3.8) is 0 Å². The molecule has 0 bridgehead atoms. The van der Waals surface area contributed by atoms with E-state index in [1.165, 1.54) is 12.1 Å². The zero-order valence-electron chi connectivity index (χ0n) is 19.9. The highest BCUT2D eigenvalue weighted by atomic mass is 32.2. The van der Waals surface area contributed by atoms with Crippen LogP contribution in [0.4, 0.5) is 4.39 Å². The lowest BCUT2D eigenvalue weighted by molar-refractivity contribution is 0.413. The molecule has 1 heterocycles. The van der Waals surface area contributed by atoms with E-state index in [1.807, 2.05) is 51.1 Å². The van der Waals surface area contributed by atoms with E-state index in [9.17, 15) is 17.6 Å². The number of sulfonamides is 1. The van der Waals surface area contributed by atoms with Crippen LogP contribution in [0.25, 0.3) is 11.1 Å². The fourth-order valence-electron chi connectivity index (χ4n) is 4.85. The first-order valence-electron chi connectivity index (χ1n) is 11.5. The Morgan fingerprint density at radius 3 is 2.62 bits per heavy atom. The summed E-state index contributed by atoms with van der Waals surface area (Å²) in [6.07, 6.45) is 4.28. The van der Waals surface area contributed by atoms with Crippen molar-refractivity contribution in [3.8, 4) is 11.1 Å². The van der Waals surface area contributed by atoms with Gasteiger partial charge in [0.15, 0.2) is 0 Å². The summed E-state index contributed by atoms with van der Waals surface area (Å²) in [6, 6.07) is 12.2. The third kappa shape index (κ3) is 5.28. The van der Waals surface area contributed by atoms with Crippen LogP contribution in [0.15, 0.2) is 53.6 Å². The Kier molecular flexibility index (Phi) is 6.73. The van der Waals surface area contributed by atoms with Gasteiger partial charge in [0.1, 0.15) is 5.82 Å². The second-order valence-electron chi connectivity index (χ2n) is 9.47. The molecule has 0 saturated carbocycles. The second-order valence-corrected chi connectivity index (χ2v) is 11.3. The summed E-state index contributed by atoms with van der Waals surface area (Å²) >= 11 is 0. The molecule has 0 amide bonds. The zero-order valence-corrected chi connectivity index (χ0v) is 20.7. The highest BCUT2D eigenvalue weighted by molar-refractivity contribution is 7.88. The van der Waals surface area contributed by atoms with Crippen molar-refractivity contribution in [2.45, 2.75) is 58.0 Å². The summed E-state index contributed by atoms with van der Waals surface area (Å²) < 4.78 is 42.6. The van der Waals surface area contributed by atoms with E-state index < -0.39 is 16.1 Å². The maximum Gasteiger partial charge on any atom is 0.257 e. The van der Waals surface area contributed by atoms with Crippen molar-refractivity contribution < 1.29 is 12.8 Å². The zero-order chi connectivity index (χ0) is 24.6. The van der Waals surface area contributed by atoms with Crippen LogP contribution in [0, 0.1) is 12.7 Å². The van der Waals surface area contributed by atoms with Crippen molar-refractivity contribution in [1.29, 1.82) is 0 Å². The predicted molar refractivity (Wildman–Crippen MR) is 132 cm³/mol. The lowest BCUT2D eigenvalue weighted by atomic mass is 9.78. The van der Waals surface area contributed by atoms with E-state index in [2.05, 4.69) is 9.71 Å². The van der Waals surface area contributed by atoms with E-state index in [4.69, 9.17) is 0 Å². The number of nitrogens with zero attached hydrogens (tertiary/aromatic N) is 2. The number of halogens is 1. The molecule has 1 N–H and O–H groups in total. The lowest BCUT2D eigenvalue weighted by Gasteiger charge is -2.33. The Bertz CT molecular complexity index is 1360. The first-order chi connectivity index (χ1) is 16.0. The summed E-state index contributed by atoms with van der Waals surface area (Å²) in [5, 5.41) is 0. The molecule has 0 aliphatic heterocycles. The number of benzene rings is 2. The minimum atomic E-state index is -3.47. The largest absolute Gasteiger partial charge is 0.296 e. The Morgan fingerprint density at radius 2 is 1.94 bits per heavy atom. The molecular weight excluding hydrogens is 453 g/mol. The molecular formula is C26H30FN3O3S. The Morgan fingerprint density at radius 1 is 1.18 bits per heavy atom. The number of hydrogen-bond acceptors (Lipinski definition) is 4. The lowest BCUT2D eigenvalue weighted by Crippen LogP contribution is -2.45. The predicted octanol–water partition coefficient (Wildman–Crippen LogP) is 4.13. The van der Waals surface area contributed by atoms with E-state index in [0.717, 1.165) is 34.2 Å². The normalized spacial score (nSPS) is 18.2. The minimum absolute atomic E-state index is 0.0614. The highest BCUT2D eigenvalue weighted by Crippen LogP contribution is 2.33. The second kappa shape index (κ2) is 9.43. The van der Waals surface area contributed by atoms with Crippen LogP contribution in [0.5, 0.6) is 0 Å². The summed E-state index contributed by atoms with van der Waals surface area (Å²) in [5.74, 6) is -0.659. The van der Waals surface area contributed by atoms with Crippen LogP contribution in [0.2, 0.25) is 0 Å². The first kappa shape index (κ1) is 24.3. The molecule has 2 atom stereocenters. The minimum Gasteiger partial charge on any atom is -0.296 e. The van der Waals surface area contributed by atoms with Crippen LogP contribution in [-0.2, 0) is 22.9 Å². The van der Waals surface area contributed by atoms with Gasteiger partial charge in [0.25, 0.3) is 5.56 Å². The van der Waals surface area contributed by atoms with Crippen LogP contribution in [0.3, 0.4) is 0 Å². The van der Waals surface area contributed by atoms with Crippen LogP contribution < -0.4 is 10.3 Å². The van der Waals surface area contributed by atoms with Gasteiger partial charge in [0.05, 0.1) is 18.3 Å². The summed E-state index contributed by atoms with van der Waals surface area (Å²) in [7, 11) is -3.47. The molecule has 3 aromatic rings. The smallest absolute Gasteiger partial charge is 0.257 e. The Labute approximate surface area is 199 Å². The topological polar surface area (TPSA) is 81.1 Å². The number of nitrogens with one attached hydrogen (secondary N) is 1. The Hall–Kier alpha value is -2.84. The van der Waals surface area contributed by atoms with Crippen molar-refractivity contribution in [1.82, 2.24) is 14.3 Å². The van der Waals surface area contributed by atoms with Crippen LogP contribution in [0.1, 0.15) is 54.6 Å². The van der Waals surface area contributed by atoms with Gasteiger partial charge in [0, 0.05) is 23.6 Å². The molecule has 1 aromatic heterocycles. The summed E-state index contributed by atoms with van der Waals surface area (Å²) in [5.41, 5.74) is 4.61. The molecule has 2 aromatic carbocycles. The Balaban J connectivity index is 1.78. The maximum absolute atomic E-state index is 14.0. The quantitative estimate of drug-likeness (QED) is 0.572. The third-order valence-electron chi connectivity index (χ3n) is 6.34. The summed E-state index contributed by atoms with van der Waals surface area (Å²) in [6.45, 7) is 5.69. The molecule has 0 fully saturated rings. The van der Waals surface area contributed by atoms with Crippen molar-refractivity contribution in [2.75, 3.05) is 6.26 Å². The van der Waals surface area contributed by atoms with Gasteiger partial charge in [0.2, 0.25) is 10.0 Å². The SMILES string of the molecule is Cc1cc(F)cc(-c2cccc(CC3c4c(ncn(C(C)C)c4=O)CCC3NS(C)(=O)=O)c2)c1. The molecule has 0 radical (unpaired) electrons. The van der Waals surface area contributed by atoms with Gasteiger partial charge in [-0.25, -0.2) is 22.5 Å². The third-order valence-corrected chi connectivity index (χ3v) is 7.07. The van der Waals surface area contributed by atoms with Crippen LogP contribution >= 0.6 is 0 Å². The van der Waals surface area contributed by atoms with E-state index >= 15 is 0 Å². The standard InChI is InChI=1S/C26H30FN3O3S/c1-16(2)30-15-28-24-9-8-23(29-34(4,32)33)22(25(24)26(30)31)13-18-6-5-7-19(12-18)20-10-17(3)11-21(27)14-20/h5-7,10-12,14-16,22-23,29H,8-9,13H2,1-4H3. The fourth-order valence-corrected chi connectivity index (χ4v) is 5.68. The molecule has 1 aliphatic carbocycles. The maximum atomic E-state index is 14.0. The molecule has 8 heteroatoms. The van der Waals surface area contributed by atoms with E-state index in [-0.39, 0.29) is 23.3 Å². The monoisotopic (exact) mass is 483 g/mol. The van der Waals surface area contributed by atoms with E-state index in [1.54, 1.807) is 10.9 Å². The average Bonchev–Trinajstić information content (AvgIpc) is 2.74. The molecule has 0 spiro atoms. The van der Waals surface area contributed by atoms with Gasteiger partial charge in [-0.1, -0.05) is 30.3 Å². The molecule has 180 valence electrons.